The molecule has 3 aromatic rings. The van der Waals surface area contributed by atoms with E-state index < -0.39 is 0 Å². The molecule has 10 heteroatoms. The predicted octanol–water partition coefficient (Wildman–Crippen LogP) is 3.02. The fourth-order valence-electron chi connectivity index (χ4n) is 2.33. The van der Waals surface area contributed by atoms with Crippen LogP contribution < -0.4 is 5.32 Å². The van der Waals surface area contributed by atoms with E-state index in [1.54, 1.807) is 6.26 Å². The van der Waals surface area contributed by atoms with Gasteiger partial charge in [0.05, 0.1) is 12.0 Å². The Morgan fingerprint density at radius 3 is 3.00 bits per heavy atom. The maximum absolute atomic E-state index is 12.1. The topological polar surface area (TPSA) is 98.7 Å². The Hall–Kier alpha value is -2.20. The second-order valence-electron chi connectivity index (χ2n) is 5.58. The SMILES string of the molecule is CCn1c(SCC(=O)Nc2nnc(C3CC3)s2)nnc1-c1ccco1. The molecule has 130 valence electrons. The maximum atomic E-state index is 12.1. The van der Waals surface area contributed by atoms with E-state index in [1.807, 2.05) is 23.6 Å². The van der Waals surface area contributed by atoms with E-state index in [-0.39, 0.29) is 11.7 Å². The minimum absolute atomic E-state index is 0.131. The number of carbonyl (C=O) groups excluding carboxylic acids is 1. The Balaban J connectivity index is 1.38. The molecule has 3 aromatic heterocycles. The third-order valence-electron chi connectivity index (χ3n) is 3.72. The Labute approximate surface area is 152 Å². The zero-order chi connectivity index (χ0) is 17.2. The molecule has 3 heterocycles. The highest BCUT2D eigenvalue weighted by molar-refractivity contribution is 7.99. The van der Waals surface area contributed by atoms with Crippen molar-refractivity contribution in [3.8, 4) is 11.6 Å². The highest BCUT2D eigenvalue weighted by Crippen LogP contribution is 2.42. The molecule has 1 fully saturated rings. The summed E-state index contributed by atoms with van der Waals surface area (Å²) in [6.45, 7) is 2.69. The maximum Gasteiger partial charge on any atom is 0.236 e. The first kappa shape index (κ1) is 16.3. The smallest absolute Gasteiger partial charge is 0.236 e. The van der Waals surface area contributed by atoms with Crippen molar-refractivity contribution >= 4 is 34.1 Å². The highest BCUT2D eigenvalue weighted by Gasteiger charge is 2.27. The van der Waals surface area contributed by atoms with Gasteiger partial charge in [-0.1, -0.05) is 23.1 Å². The van der Waals surface area contributed by atoms with Gasteiger partial charge in [0.15, 0.2) is 16.7 Å². The van der Waals surface area contributed by atoms with Gasteiger partial charge in [-0.2, -0.15) is 0 Å². The lowest BCUT2D eigenvalue weighted by Crippen LogP contribution is -2.14. The Kier molecular flexibility index (Phi) is 4.53. The molecule has 0 atom stereocenters. The molecule has 0 radical (unpaired) electrons. The van der Waals surface area contributed by atoms with Gasteiger partial charge >= 0.3 is 0 Å². The minimum Gasteiger partial charge on any atom is -0.461 e. The number of hydrogen-bond donors (Lipinski definition) is 1. The van der Waals surface area contributed by atoms with Crippen molar-refractivity contribution in [1.82, 2.24) is 25.0 Å². The lowest BCUT2D eigenvalue weighted by molar-refractivity contribution is -0.113. The molecule has 0 spiro atoms. The van der Waals surface area contributed by atoms with Gasteiger partial charge in [-0.25, -0.2) is 0 Å². The van der Waals surface area contributed by atoms with Crippen molar-refractivity contribution in [2.45, 2.75) is 37.4 Å². The molecule has 0 aliphatic heterocycles. The van der Waals surface area contributed by atoms with Gasteiger partial charge in [-0.15, -0.1) is 20.4 Å². The second kappa shape index (κ2) is 6.96. The number of anilines is 1. The molecule has 0 bridgehead atoms. The van der Waals surface area contributed by atoms with Crippen molar-refractivity contribution in [2.24, 2.45) is 0 Å². The number of rotatable bonds is 7. The van der Waals surface area contributed by atoms with Crippen LogP contribution in [0.2, 0.25) is 0 Å². The Morgan fingerprint density at radius 1 is 1.40 bits per heavy atom. The number of carbonyl (C=O) groups is 1. The van der Waals surface area contributed by atoms with Crippen molar-refractivity contribution in [3.05, 3.63) is 23.4 Å². The van der Waals surface area contributed by atoms with Crippen LogP contribution >= 0.6 is 23.1 Å². The van der Waals surface area contributed by atoms with Crippen molar-refractivity contribution in [2.75, 3.05) is 11.1 Å². The lowest BCUT2D eigenvalue weighted by Gasteiger charge is -2.05. The molecule has 1 saturated carbocycles. The highest BCUT2D eigenvalue weighted by atomic mass is 32.2. The Morgan fingerprint density at radius 2 is 2.28 bits per heavy atom. The monoisotopic (exact) mass is 376 g/mol. The fraction of sp³-hybridized carbons (Fsp3) is 0.400. The largest absolute Gasteiger partial charge is 0.461 e. The van der Waals surface area contributed by atoms with Gasteiger partial charge in [0.2, 0.25) is 11.0 Å². The van der Waals surface area contributed by atoms with E-state index in [0.717, 1.165) is 5.01 Å². The Bertz CT molecular complexity index is 869. The molecular weight excluding hydrogens is 360 g/mol. The van der Waals surface area contributed by atoms with Crippen LogP contribution in [0, 0.1) is 0 Å². The van der Waals surface area contributed by atoms with E-state index in [0.29, 0.717) is 34.3 Å². The van der Waals surface area contributed by atoms with E-state index >= 15 is 0 Å². The minimum atomic E-state index is -0.131. The zero-order valence-corrected chi connectivity index (χ0v) is 15.1. The molecular formula is C15H16N6O2S2. The van der Waals surface area contributed by atoms with Crippen molar-refractivity contribution in [3.63, 3.8) is 0 Å². The van der Waals surface area contributed by atoms with Gasteiger partial charge in [0.1, 0.15) is 5.01 Å². The van der Waals surface area contributed by atoms with Crippen LogP contribution in [-0.2, 0) is 11.3 Å². The fourth-order valence-corrected chi connectivity index (χ4v) is 4.07. The molecule has 1 N–H and O–H groups in total. The van der Waals surface area contributed by atoms with Crippen LogP contribution in [0.25, 0.3) is 11.6 Å². The van der Waals surface area contributed by atoms with Gasteiger partial charge < -0.3 is 4.42 Å². The van der Waals surface area contributed by atoms with Crippen LogP contribution in [0.4, 0.5) is 5.13 Å². The predicted molar refractivity (Wildman–Crippen MR) is 94.6 cm³/mol. The first-order valence-electron chi connectivity index (χ1n) is 7.97. The van der Waals surface area contributed by atoms with Gasteiger partial charge in [0.25, 0.3) is 0 Å². The van der Waals surface area contributed by atoms with Crippen LogP contribution in [0.15, 0.2) is 28.0 Å². The standard InChI is InChI=1S/C15H16N6O2S2/c1-2-21-12(10-4-3-7-23-10)17-20-15(21)24-8-11(22)16-14-19-18-13(25-14)9-5-6-9/h3-4,7,9H,2,5-6,8H2,1H3,(H,16,19,22). The summed E-state index contributed by atoms with van der Waals surface area (Å²) in [5.41, 5.74) is 0. The molecule has 25 heavy (non-hydrogen) atoms. The number of furan rings is 1. The van der Waals surface area contributed by atoms with Crippen LogP contribution in [-0.4, -0.2) is 36.6 Å². The first-order valence-corrected chi connectivity index (χ1v) is 9.78. The number of nitrogens with one attached hydrogen (secondary N) is 1. The van der Waals surface area contributed by atoms with Crippen LogP contribution in [0.5, 0.6) is 0 Å². The molecule has 0 aromatic carbocycles. The van der Waals surface area contributed by atoms with E-state index in [1.165, 1.54) is 35.9 Å². The first-order chi connectivity index (χ1) is 12.2. The molecule has 1 amide bonds. The van der Waals surface area contributed by atoms with E-state index in [2.05, 4.69) is 25.7 Å². The number of nitrogens with zero attached hydrogens (tertiary/aromatic N) is 5. The molecule has 0 saturated heterocycles. The normalized spacial score (nSPS) is 14.0. The summed E-state index contributed by atoms with van der Waals surface area (Å²) in [6, 6.07) is 3.65. The van der Waals surface area contributed by atoms with Gasteiger partial charge in [-0.3, -0.25) is 14.7 Å². The molecule has 0 unspecified atom stereocenters. The number of aromatic nitrogens is 5. The van der Waals surface area contributed by atoms with Gasteiger partial charge in [0, 0.05) is 12.5 Å². The van der Waals surface area contributed by atoms with Gasteiger partial charge in [-0.05, 0) is 31.9 Å². The van der Waals surface area contributed by atoms with Crippen LogP contribution in [0.1, 0.15) is 30.7 Å². The van der Waals surface area contributed by atoms with E-state index in [9.17, 15) is 4.79 Å². The summed E-state index contributed by atoms with van der Waals surface area (Å²) >= 11 is 2.79. The lowest BCUT2D eigenvalue weighted by atomic mass is 10.4. The third kappa shape index (κ3) is 3.59. The molecule has 1 aliphatic rings. The number of amides is 1. The number of thioether (sulfide) groups is 1. The van der Waals surface area contributed by atoms with Crippen molar-refractivity contribution in [1.29, 1.82) is 0 Å². The number of hydrogen-bond acceptors (Lipinski definition) is 8. The van der Waals surface area contributed by atoms with Crippen LogP contribution in [0.3, 0.4) is 0 Å². The summed E-state index contributed by atoms with van der Waals surface area (Å²) in [5.74, 6) is 1.96. The zero-order valence-electron chi connectivity index (χ0n) is 13.5. The summed E-state index contributed by atoms with van der Waals surface area (Å²) in [7, 11) is 0. The average molecular weight is 376 g/mol. The molecule has 8 nitrogen and oxygen atoms in total. The summed E-state index contributed by atoms with van der Waals surface area (Å²) in [4.78, 5) is 12.1. The van der Waals surface area contributed by atoms with E-state index in [4.69, 9.17) is 4.42 Å². The average Bonchev–Trinajstić information content (AvgIpc) is 3.04. The molecule has 4 rings (SSSR count). The summed E-state index contributed by atoms with van der Waals surface area (Å²) in [6.07, 6.45) is 3.94. The molecule has 1 aliphatic carbocycles. The van der Waals surface area contributed by atoms with Crippen molar-refractivity contribution < 1.29 is 9.21 Å². The summed E-state index contributed by atoms with van der Waals surface area (Å²) < 4.78 is 7.30. The summed E-state index contributed by atoms with van der Waals surface area (Å²) in [5, 5.41) is 21.5. The third-order valence-corrected chi connectivity index (χ3v) is 5.69. The quantitative estimate of drug-likeness (QED) is 0.633. The second-order valence-corrected chi connectivity index (χ2v) is 7.54.